The quantitative estimate of drug-likeness (QED) is 0.927. The van der Waals surface area contributed by atoms with Gasteiger partial charge in [0.05, 0.1) is 4.90 Å². The lowest BCUT2D eigenvalue weighted by Gasteiger charge is -2.22. The van der Waals surface area contributed by atoms with Crippen LogP contribution >= 0.6 is 0 Å². The van der Waals surface area contributed by atoms with E-state index in [-0.39, 0.29) is 4.90 Å². The smallest absolute Gasteiger partial charge is 0.211 e. The molecule has 3 nitrogen and oxygen atoms in total. The lowest BCUT2D eigenvalue weighted by atomic mass is 9.90. The first-order chi connectivity index (χ1) is 9.40. The van der Waals surface area contributed by atoms with Crippen LogP contribution in [0.4, 0.5) is 4.39 Å². The minimum Gasteiger partial charge on any atom is -0.211 e. The Morgan fingerprint density at radius 2 is 1.70 bits per heavy atom. The van der Waals surface area contributed by atoms with Crippen molar-refractivity contribution in [2.75, 3.05) is 6.54 Å². The summed E-state index contributed by atoms with van der Waals surface area (Å²) in [5.74, 6) is 0.0332. The number of nitrogens with one attached hydrogen (secondary N) is 1. The highest BCUT2D eigenvalue weighted by Crippen LogP contribution is 2.25. The largest absolute Gasteiger partial charge is 0.241 e. The van der Waals surface area contributed by atoms with Gasteiger partial charge in [0.2, 0.25) is 10.0 Å². The van der Waals surface area contributed by atoms with Crippen molar-refractivity contribution in [3.63, 3.8) is 0 Å². The van der Waals surface area contributed by atoms with Gasteiger partial charge in [-0.05, 0) is 55.9 Å². The van der Waals surface area contributed by atoms with Crippen LogP contribution in [0.3, 0.4) is 0 Å². The van der Waals surface area contributed by atoms with Crippen LogP contribution in [0.2, 0.25) is 0 Å². The molecular weight excluding hydrogens is 277 g/mol. The summed E-state index contributed by atoms with van der Waals surface area (Å²) in [5, 5.41) is 0. The number of sulfonamides is 1. The normalized spacial score (nSPS) is 17.4. The molecule has 112 valence electrons. The van der Waals surface area contributed by atoms with E-state index in [1.54, 1.807) is 13.8 Å². The van der Waals surface area contributed by atoms with E-state index in [9.17, 15) is 12.8 Å². The predicted molar refractivity (Wildman–Crippen MR) is 77.6 cm³/mol. The number of aryl methyl sites for hydroxylation is 2. The van der Waals surface area contributed by atoms with Gasteiger partial charge in [0.25, 0.3) is 0 Å². The van der Waals surface area contributed by atoms with Crippen molar-refractivity contribution in [1.82, 2.24) is 4.72 Å². The number of hydrogen-bond donors (Lipinski definition) is 1. The van der Waals surface area contributed by atoms with Crippen molar-refractivity contribution >= 4 is 10.0 Å². The second-order valence-corrected chi connectivity index (χ2v) is 7.43. The van der Waals surface area contributed by atoms with Gasteiger partial charge in [-0.3, -0.25) is 0 Å². The van der Waals surface area contributed by atoms with Gasteiger partial charge in [0.15, 0.2) is 0 Å². The maximum Gasteiger partial charge on any atom is 0.241 e. The van der Waals surface area contributed by atoms with Crippen LogP contribution in [-0.4, -0.2) is 15.0 Å². The molecule has 2 rings (SSSR count). The zero-order chi connectivity index (χ0) is 14.8. The first kappa shape index (κ1) is 15.4. The molecule has 0 bridgehead atoms. The van der Waals surface area contributed by atoms with Crippen LogP contribution in [-0.2, 0) is 10.0 Å². The Balaban J connectivity index is 2.14. The molecule has 1 N–H and O–H groups in total. The highest BCUT2D eigenvalue weighted by Gasteiger charge is 2.22. The van der Waals surface area contributed by atoms with E-state index in [0.717, 1.165) is 12.8 Å². The van der Waals surface area contributed by atoms with Crippen molar-refractivity contribution in [2.24, 2.45) is 5.92 Å². The zero-order valence-electron chi connectivity index (χ0n) is 12.1. The van der Waals surface area contributed by atoms with E-state index in [4.69, 9.17) is 0 Å². The Bertz CT molecular complexity index is 555. The van der Waals surface area contributed by atoms with Crippen LogP contribution < -0.4 is 4.72 Å². The Kier molecular flexibility index (Phi) is 4.81. The summed E-state index contributed by atoms with van der Waals surface area (Å²) < 4.78 is 40.7. The Morgan fingerprint density at radius 3 is 2.25 bits per heavy atom. The van der Waals surface area contributed by atoms with E-state index >= 15 is 0 Å². The molecule has 0 radical (unpaired) electrons. The molecule has 1 aromatic carbocycles. The predicted octanol–water partition coefficient (Wildman–Crippen LogP) is 3.30. The van der Waals surface area contributed by atoms with E-state index in [2.05, 4.69) is 4.72 Å². The number of rotatable bonds is 4. The van der Waals surface area contributed by atoms with Gasteiger partial charge >= 0.3 is 0 Å². The van der Waals surface area contributed by atoms with Gasteiger partial charge in [-0.2, -0.15) is 0 Å². The summed E-state index contributed by atoms with van der Waals surface area (Å²) >= 11 is 0. The van der Waals surface area contributed by atoms with Crippen molar-refractivity contribution in [1.29, 1.82) is 0 Å². The van der Waals surface area contributed by atoms with Crippen molar-refractivity contribution in [3.05, 3.63) is 29.1 Å². The van der Waals surface area contributed by atoms with Crippen molar-refractivity contribution in [3.8, 4) is 0 Å². The van der Waals surface area contributed by atoms with Crippen LogP contribution in [0.5, 0.6) is 0 Å². The summed E-state index contributed by atoms with van der Waals surface area (Å²) in [6, 6.07) is 2.53. The van der Waals surface area contributed by atoms with Gasteiger partial charge in [-0.15, -0.1) is 0 Å². The second-order valence-electron chi connectivity index (χ2n) is 5.72. The molecule has 0 aliphatic heterocycles. The molecule has 1 aromatic rings. The Labute approximate surface area is 120 Å². The van der Waals surface area contributed by atoms with Gasteiger partial charge in [-0.25, -0.2) is 17.5 Å². The molecule has 0 aromatic heterocycles. The van der Waals surface area contributed by atoms with Crippen LogP contribution in [0, 0.1) is 25.6 Å². The fourth-order valence-electron chi connectivity index (χ4n) is 3.01. The number of halogens is 1. The molecule has 0 amide bonds. The Hall–Kier alpha value is -0.940. The third kappa shape index (κ3) is 3.58. The summed E-state index contributed by atoms with van der Waals surface area (Å²) in [4.78, 5) is 0.217. The zero-order valence-corrected chi connectivity index (χ0v) is 12.9. The summed E-state index contributed by atoms with van der Waals surface area (Å²) in [6.07, 6.45) is 5.79. The minimum atomic E-state index is -3.55. The first-order valence-electron chi connectivity index (χ1n) is 7.16. The third-order valence-electron chi connectivity index (χ3n) is 3.98. The highest BCUT2D eigenvalue weighted by atomic mass is 32.2. The molecule has 1 aliphatic carbocycles. The lowest BCUT2D eigenvalue weighted by Crippen LogP contribution is -2.31. The molecule has 5 heteroatoms. The summed E-state index contributed by atoms with van der Waals surface area (Å²) in [6.45, 7) is 3.75. The van der Waals surface area contributed by atoms with E-state index in [1.807, 2.05) is 0 Å². The first-order valence-corrected chi connectivity index (χ1v) is 8.65. The molecule has 0 atom stereocenters. The van der Waals surface area contributed by atoms with Crippen molar-refractivity contribution < 1.29 is 12.8 Å². The molecule has 0 heterocycles. The van der Waals surface area contributed by atoms with Crippen LogP contribution in [0.1, 0.15) is 43.2 Å². The molecule has 0 unspecified atom stereocenters. The lowest BCUT2D eigenvalue weighted by molar-refractivity contribution is 0.357. The fourth-order valence-corrected chi connectivity index (χ4v) is 4.58. The highest BCUT2D eigenvalue weighted by molar-refractivity contribution is 7.89. The van der Waals surface area contributed by atoms with Gasteiger partial charge < -0.3 is 0 Å². The fraction of sp³-hybridized carbons (Fsp3) is 0.600. The van der Waals surface area contributed by atoms with E-state index < -0.39 is 15.8 Å². The number of benzene rings is 1. The average Bonchev–Trinajstić information content (AvgIpc) is 2.36. The molecule has 1 fully saturated rings. The Morgan fingerprint density at radius 1 is 1.15 bits per heavy atom. The standard InChI is InChI=1S/C15H22FNO2S/c1-11-8-14(16)9-12(2)15(11)20(18,19)17-10-13-6-4-3-5-7-13/h8-9,13,17H,3-7,10H2,1-2H3. The van der Waals surface area contributed by atoms with Crippen LogP contribution in [0.25, 0.3) is 0 Å². The SMILES string of the molecule is Cc1cc(F)cc(C)c1S(=O)(=O)NCC1CCCCC1. The molecule has 20 heavy (non-hydrogen) atoms. The second kappa shape index (κ2) is 6.22. The minimum absolute atomic E-state index is 0.217. The van der Waals surface area contributed by atoms with Gasteiger partial charge in [-0.1, -0.05) is 19.3 Å². The van der Waals surface area contributed by atoms with E-state index in [1.165, 1.54) is 31.4 Å². The van der Waals surface area contributed by atoms with Gasteiger partial charge in [0.1, 0.15) is 5.82 Å². The van der Waals surface area contributed by atoms with Crippen LogP contribution in [0.15, 0.2) is 17.0 Å². The van der Waals surface area contributed by atoms with E-state index in [0.29, 0.717) is 23.6 Å². The topological polar surface area (TPSA) is 46.2 Å². The molecular formula is C15H22FNO2S. The maximum atomic E-state index is 13.3. The maximum absolute atomic E-state index is 13.3. The van der Waals surface area contributed by atoms with Gasteiger partial charge in [0, 0.05) is 6.54 Å². The molecule has 1 saturated carbocycles. The number of hydrogen-bond acceptors (Lipinski definition) is 2. The molecule has 0 saturated heterocycles. The third-order valence-corrected chi connectivity index (χ3v) is 5.71. The summed E-state index contributed by atoms with van der Waals surface area (Å²) in [7, 11) is -3.55. The monoisotopic (exact) mass is 299 g/mol. The average molecular weight is 299 g/mol. The summed E-state index contributed by atoms with van der Waals surface area (Å²) in [5.41, 5.74) is 0.914. The van der Waals surface area contributed by atoms with Crippen molar-refractivity contribution in [2.45, 2.75) is 50.8 Å². The molecule has 0 spiro atoms. The molecule has 1 aliphatic rings.